The Morgan fingerprint density at radius 1 is 0.667 bits per heavy atom. The van der Waals surface area contributed by atoms with E-state index in [2.05, 4.69) is 29.6 Å². The van der Waals surface area contributed by atoms with Crippen LogP contribution in [0.2, 0.25) is 0 Å². The van der Waals surface area contributed by atoms with Crippen molar-refractivity contribution in [1.82, 2.24) is 0 Å². The highest BCUT2D eigenvalue weighted by Crippen LogP contribution is 2.22. The van der Waals surface area contributed by atoms with Crippen LogP contribution in [-0.2, 0) is 0 Å². The molecule has 0 unspecified atom stereocenters. The van der Waals surface area contributed by atoms with Gasteiger partial charge in [-0.05, 0) is 59.7 Å². The summed E-state index contributed by atoms with van der Waals surface area (Å²) >= 11 is 0. The van der Waals surface area contributed by atoms with E-state index in [0.717, 1.165) is 34.9 Å². The highest BCUT2D eigenvalue weighted by atomic mass is 16.5. The molecule has 3 aromatic rings. The van der Waals surface area contributed by atoms with E-state index >= 15 is 0 Å². The summed E-state index contributed by atoms with van der Waals surface area (Å²) in [4.78, 5) is 0. The van der Waals surface area contributed by atoms with Gasteiger partial charge in [-0.1, -0.05) is 24.3 Å². The van der Waals surface area contributed by atoms with Crippen molar-refractivity contribution in [3.63, 3.8) is 0 Å². The molecule has 0 heterocycles. The van der Waals surface area contributed by atoms with E-state index in [1.54, 1.807) is 0 Å². The molecule has 0 saturated carbocycles. The first-order valence-electron chi connectivity index (χ1n) is 7.89. The Bertz CT molecular complexity index is 765. The van der Waals surface area contributed by atoms with Crippen molar-refractivity contribution in [2.24, 2.45) is 0 Å². The van der Waals surface area contributed by atoms with Crippen molar-refractivity contribution >= 4 is 17.1 Å². The van der Waals surface area contributed by atoms with E-state index in [1.807, 2.05) is 48.5 Å². The molecule has 0 aliphatic rings. The molecule has 0 amide bonds. The summed E-state index contributed by atoms with van der Waals surface area (Å²) in [5, 5.41) is 3.34. The molecular formula is C20H21N3O. The van der Waals surface area contributed by atoms with Crippen molar-refractivity contribution < 1.29 is 4.74 Å². The van der Waals surface area contributed by atoms with Crippen LogP contribution in [0, 0.1) is 0 Å². The molecule has 0 aliphatic heterocycles. The fourth-order valence-electron chi connectivity index (χ4n) is 2.38. The zero-order valence-electron chi connectivity index (χ0n) is 13.4. The second-order valence-corrected chi connectivity index (χ2v) is 5.54. The summed E-state index contributed by atoms with van der Waals surface area (Å²) in [6.45, 7) is 1.31. The van der Waals surface area contributed by atoms with Gasteiger partial charge in [-0.3, -0.25) is 0 Å². The van der Waals surface area contributed by atoms with E-state index in [-0.39, 0.29) is 0 Å². The summed E-state index contributed by atoms with van der Waals surface area (Å²) < 4.78 is 5.66. The number of ether oxygens (including phenoxy) is 1. The third-order valence-electron chi connectivity index (χ3n) is 3.71. The Hall–Kier alpha value is -3.14. The highest BCUT2D eigenvalue weighted by molar-refractivity contribution is 5.67. The van der Waals surface area contributed by atoms with Gasteiger partial charge >= 0.3 is 0 Å². The molecule has 0 radical (unpaired) electrons. The van der Waals surface area contributed by atoms with Gasteiger partial charge in [0.1, 0.15) is 12.4 Å². The van der Waals surface area contributed by atoms with Gasteiger partial charge in [0.2, 0.25) is 0 Å². The molecule has 122 valence electrons. The van der Waals surface area contributed by atoms with E-state index in [0.29, 0.717) is 6.61 Å². The predicted molar refractivity (Wildman–Crippen MR) is 101 cm³/mol. The van der Waals surface area contributed by atoms with Gasteiger partial charge in [0, 0.05) is 23.6 Å². The normalized spacial score (nSPS) is 10.3. The SMILES string of the molecule is Nc1ccc(OCCNc2ccc(-c3ccc(N)cc3)cc2)cc1. The average Bonchev–Trinajstić information content (AvgIpc) is 2.62. The minimum atomic E-state index is 0.587. The second kappa shape index (κ2) is 7.42. The van der Waals surface area contributed by atoms with Crippen molar-refractivity contribution in [3.8, 4) is 16.9 Å². The summed E-state index contributed by atoms with van der Waals surface area (Å²) in [7, 11) is 0. The zero-order valence-corrected chi connectivity index (χ0v) is 13.4. The first kappa shape index (κ1) is 15.7. The van der Waals surface area contributed by atoms with Crippen LogP contribution >= 0.6 is 0 Å². The van der Waals surface area contributed by atoms with Crippen LogP contribution in [0.3, 0.4) is 0 Å². The largest absolute Gasteiger partial charge is 0.492 e. The van der Waals surface area contributed by atoms with E-state index in [9.17, 15) is 0 Å². The van der Waals surface area contributed by atoms with Gasteiger partial charge < -0.3 is 21.5 Å². The Morgan fingerprint density at radius 3 is 1.75 bits per heavy atom. The summed E-state index contributed by atoms with van der Waals surface area (Å²) in [5.74, 6) is 0.824. The minimum absolute atomic E-state index is 0.587. The smallest absolute Gasteiger partial charge is 0.119 e. The molecule has 0 spiro atoms. The zero-order chi connectivity index (χ0) is 16.8. The molecule has 3 aromatic carbocycles. The Labute approximate surface area is 142 Å². The lowest BCUT2D eigenvalue weighted by atomic mass is 10.1. The van der Waals surface area contributed by atoms with Gasteiger partial charge in [0.25, 0.3) is 0 Å². The third kappa shape index (κ3) is 4.20. The summed E-state index contributed by atoms with van der Waals surface area (Å²) in [6.07, 6.45) is 0. The van der Waals surface area contributed by atoms with E-state index in [4.69, 9.17) is 16.2 Å². The molecular weight excluding hydrogens is 298 g/mol. The maximum absolute atomic E-state index is 5.72. The number of nitrogens with two attached hydrogens (primary N) is 2. The topological polar surface area (TPSA) is 73.3 Å². The van der Waals surface area contributed by atoms with Crippen molar-refractivity contribution in [2.45, 2.75) is 0 Å². The molecule has 4 heteroatoms. The van der Waals surface area contributed by atoms with Crippen LogP contribution in [0.1, 0.15) is 0 Å². The standard InChI is InChI=1S/C20H21N3O/c21-17-5-1-15(2-6-17)16-3-9-19(10-4-16)23-13-14-24-20-11-7-18(22)8-12-20/h1-12,23H,13-14,21-22H2. The Morgan fingerprint density at radius 2 is 1.17 bits per heavy atom. The number of nitrogens with one attached hydrogen (secondary N) is 1. The molecule has 0 saturated heterocycles. The fourth-order valence-corrected chi connectivity index (χ4v) is 2.38. The average molecular weight is 319 g/mol. The van der Waals surface area contributed by atoms with Crippen LogP contribution in [0.5, 0.6) is 5.75 Å². The van der Waals surface area contributed by atoms with Crippen LogP contribution in [0.25, 0.3) is 11.1 Å². The Kier molecular flexibility index (Phi) is 4.87. The van der Waals surface area contributed by atoms with Crippen LogP contribution in [-0.4, -0.2) is 13.2 Å². The lowest BCUT2D eigenvalue weighted by Crippen LogP contribution is -2.11. The van der Waals surface area contributed by atoms with Crippen molar-refractivity contribution in [1.29, 1.82) is 0 Å². The van der Waals surface area contributed by atoms with Gasteiger partial charge in [-0.15, -0.1) is 0 Å². The number of nitrogen functional groups attached to an aromatic ring is 2. The quantitative estimate of drug-likeness (QED) is 0.474. The molecule has 0 aliphatic carbocycles. The number of hydrogen-bond acceptors (Lipinski definition) is 4. The van der Waals surface area contributed by atoms with Gasteiger partial charge in [0.05, 0.1) is 0 Å². The number of hydrogen-bond donors (Lipinski definition) is 3. The molecule has 0 fully saturated rings. The van der Waals surface area contributed by atoms with Crippen LogP contribution < -0.4 is 21.5 Å². The number of rotatable bonds is 6. The van der Waals surface area contributed by atoms with Crippen LogP contribution in [0.4, 0.5) is 17.1 Å². The molecule has 4 nitrogen and oxygen atoms in total. The molecule has 0 bridgehead atoms. The summed E-state index contributed by atoms with van der Waals surface area (Å²) in [5.41, 5.74) is 16.3. The highest BCUT2D eigenvalue weighted by Gasteiger charge is 1.99. The lowest BCUT2D eigenvalue weighted by molar-refractivity contribution is 0.333. The third-order valence-corrected chi connectivity index (χ3v) is 3.71. The van der Waals surface area contributed by atoms with E-state index in [1.165, 1.54) is 5.56 Å². The van der Waals surface area contributed by atoms with Crippen molar-refractivity contribution in [2.75, 3.05) is 29.9 Å². The van der Waals surface area contributed by atoms with Gasteiger partial charge in [-0.2, -0.15) is 0 Å². The van der Waals surface area contributed by atoms with Gasteiger partial charge in [-0.25, -0.2) is 0 Å². The minimum Gasteiger partial charge on any atom is -0.492 e. The maximum atomic E-state index is 5.72. The lowest BCUT2D eigenvalue weighted by Gasteiger charge is -2.10. The van der Waals surface area contributed by atoms with Gasteiger partial charge in [0.15, 0.2) is 0 Å². The number of benzene rings is 3. The van der Waals surface area contributed by atoms with E-state index < -0.39 is 0 Å². The first-order chi connectivity index (χ1) is 11.7. The number of anilines is 3. The van der Waals surface area contributed by atoms with Crippen LogP contribution in [0.15, 0.2) is 72.8 Å². The molecule has 0 aromatic heterocycles. The molecule has 0 atom stereocenters. The molecule has 3 rings (SSSR count). The molecule has 24 heavy (non-hydrogen) atoms. The van der Waals surface area contributed by atoms with Crippen molar-refractivity contribution in [3.05, 3.63) is 72.8 Å². The monoisotopic (exact) mass is 319 g/mol. The maximum Gasteiger partial charge on any atom is 0.119 e. The fraction of sp³-hybridized carbons (Fsp3) is 0.100. The Balaban J connectivity index is 1.49. The predicted octanol–water partition coefficient (Wildman–Crippen LogP) is 4.01. The molecule has 5 N–H and O–H groups in total. The summed E-state index contributed by atoms with van der Waals surface area (Å²) in [6, 6.07) is 23.6. The second-order valence-electron chi connectivity index (χ2n) is 5.54. The first-order valence-corrected chi connectivity index (χ1v) is 7.89.